The first-order valence-corrected chi connectivity index (χ1v) is 8.36. The third kappa shape index (κ3) is 3.34. The zero-order chi connectivity index (χ0) is 17.4. The first-order chi connectivity index (χ1) is 11.3. The van der Waals surface area contributed by atoms with Gasteiger partial charge in [0.05, 0.1) is 5.52 Å². The molecule has 1 heterocycles. The molecule has 24 heavy (non-hydrogen) atoms. The molecule has 0 radical (unpaired) electrons. The van der Waals surface area contributed by atoms with Crippen molar-refractivity contribution in [2.24, 2.45) is 0 Å². The number of carbonyl (C=O) groups excluding carboxylic acids is 1. The molecule has 0 aliphatic heterocycles. The first kappa shape index (κ1) is 16.7. The Balaban J connectivity index is 1.79. The van der Waals surface area contributed by atoms with Crippen LogP contribution in [0.5, 0.6) is 5.75 Å². The fraction of sp³-hybridized carbons (Fsp3) is 0.368. The van der Waals surface area contributed by atoms with E-state index in [0.29, 0.717) is 11.3 Å². The van der Waals surface area contributed by atoms with E-state index >= 15 is 0 Å². The fourth-order valence-electron chi connectivity index (χ4n) is 2.75. The fourth-order valence-corrected chi connectivity index (χ4v) is 2.91. The van der Waals surface area contributed by atoms with Gasteiger partial charge >= 0.3 is 0 Å². The van der Waals surface area contributed by atoms with E-state index in [9.17, 15) is 4.79 Å². The van der Waals surface area contributed by atoms with Crippen molar-refractivity contribution in [3.8, 4) is 18.1 Å². The standard InChI is InChI=1S/C19H20N2O2S/c1-4-13-10-14-11-15(6-7-16(14)20-12-13)23-19(3,24)17(22)21-18(2)8-5-9-18/h1,6-7,10-12,24H,5,8-9H2,2-3H3,(H,21,22). The minimum Gasteiger partial charge on any atom is -0.468 e. The second-order valence-corrected chi connectivity index (χ2v) is 7.53. The van der Waals surface area contributed by atoms with E-state index in [2.05, 4.69) is 28.8 Å². The zero-order valence-corrected chi connectivity index (χ0v) is 14.7. The lowest BCUT2D eigenvalue weighted by molar-refractivity contribution is -0.132. The summed E-state index contributed by atoms with van der Waals surface area (Å²) in [6.07, 6.45) is 10.2. The topological polar surface area (TPSA) is 51.2 Å². The summed E-state index contributed by atoms with van der Waals surface area (Å²) in [7, 11) is 0. The molecule has 3 rings (SSSR count). The molecule has 1 aliphatic rings. The molecule has 1 amide bonds. The molecule has 1 aromatic heterocycles. The molecule has 5 heteroatoms. The largest absolute Gasteiger partial charge is 0.468 e. The Morgan fingerprint density at radius 2 is 2.21 bits per heavy atom. The van der Waals surface area contributed by atoms with Crippen molar-refractivity contribution in [3.63, 3.8) is 0 Å². The van der Waals surface area contributed by atoms with Crippen LogP contribution in [0.4, 0.5) is 0 Å². The predicted octanol–water partition coefficient (Wildman–Crippen LogP) is 3.30. The number of amides is 1. The Bertz CT molecular complexity index is 835. The average molecular weight is 340 g/mol. The van der Waals surface area contributed by atoms with Gasteiger partial charge < -0.3 is 10.1 Å². The van der Waals surface area contributed by atoms with Crippen LogP contribution in [0.25, 0.3) is 10.9 Å². The van der Waals surface area contributed by atoms with Gasteiger partial charge in [-0.1, -0.05) is 5.92 Å². The predicted molar refractivity (Wildman–Crippen MR) is 98.1 cm³/mol. The lowest BCUT2D eigenvalue weighted by Gasteiger charge is -2.41. The third-order valence-electron chi connectivity index (χ3n) is 4.43. The van der Waals surface area contributed by atoms with Gasteiger partial charge in [0.25, 0.3) is 5.91 Å². The van der Waals surface area contributed by atoms with Gasteiger partial charge in [0, 0.05) is 22.7 Å². The van der Waals surface area contributed by atoms with Crippen molar-refractivity contribution in [1.29, 1.82) is 0 Å². The van der Waals surface area contributed by atoms with Gasteiger partial charge in [-0.15, -0.1) is 19.1 Å². The lowest BCUT2D eigenvalue weighted by Crippen LogP contribution is -2.57. The number of fused-ring (bicyclic) bond motifs is 1. The Morgan fingerprint density at radius 3 is 2.83 bits per heavy atom. The molecule has 0 saturated heterocycles. The molecule has 0 bridgehead atoms. The summed E-state index contributed by atoms with van der Waals surface area (Å²) in [6.45, 7) is 3.69. The highest BCUT2D eigenvalue weighted by molar-refractivity contribution is 7.82. The number of ether oxygens (including phenoxy) is 1. The van der Waals surface area contributed by atoms with Crippen LogP contribution in [0.1, 0.15) is 38.7 Å². The van der Waals surface area contributed by atoms with Gasteiger partial charge in [-0.05, 0) is 57.4 Å². The Morgan fingerprint density at radius 1 is 1.46 bits per heavy atom. The van der Waals surface area contributed by atoms with Crippen molar-refractivity contribution < 1.29 is 9.53 Å². The van der Waals surface area contributed by atoms with Crippen molar-refractivity contribution >= 4 is 29.4 Å². The van der Waals surface area contributed by atoms with Gasteiger partial charge in [0.15, 0.2) is 0 Å². The van der Waals surface area contributed by atoms with Gasteiger partial charge in [-0.25, -0.2) is 0 Å². The molecule has 1 fully saturated rings. The van der Waals surface area contributed by atoms with Crippen LogP contribution >= 0.6 is 12.6 Å². The van der Waals surface area contributed by atoms with E-state index in [1.807, 2.05) is 25.1 Å². The van der Waals surface area contributed by atoms with Gasteiger partial charge in [-0.2, -0.15) is 0 Å². The second kappa shape index (κ2) is 6.03. The third-order valence-corrected chi connectivity index (χ3v) is 4.72. The zero-order valence-electron chi connectivity index (χ0n) is 13.8. The Hall–Kier alpha value is -2.19. The molecule has 124 valence electrons. The number of nitrogens with zero attached hydrogens (tertiary/aromatic N) is 1. The molecule has 0 spiro atoms. The molecular weight excluding hydrogens is 320 g/mol. The molecule has 1 atom stereocenters. The summed E-state index contributed by atoms with van der Waals surface area (Å²) in [5.74, 6) is 2.87. The van der Waals surface area contributed by atoms with Crippen molar-refractivity contribution in [2.45, 2.75) is 43.6 Å². The quantitative estimate of drug-likeness (QED) is 0.510. The van der Waals surface area contributed by atoms with Crippen LogP contribution < -0.4 is 10.1 Å². The highest BCUT2D eigenvalue weighted by Gasteiger charge is 2.39. The summed E-state index contributed by atoms with van der Waals surface area (Å²) in [4.78, 5) is 15.5. The van der Waals surface area contributed by atoms with Crippen LogP contribution in [0.3, 0.4) is 0 Å². The smallest absolute Gasteiger partial charge is 0.274 e. The molecule has 1 aromatic carbocycles. The monoisotopic (exact) mass is 340 g/mol. The van der Waals surface area contributed by atoms with E-state index in [1.165, 1.54) is 0 Å². The van der Waals surface area contributed by atoms with Gasteiger partial charge in [0.1, 0.15) is 5.75 Å². The number of thiol groups is 1. The summed E-state index contributed by atoms with van der Waals surface area (Å²) in [5.41, 5.74) is 1.37. The van der Waals surface area contributed by atoms with Crippen LogP contribution in [-0.2, 0) is 4.79 Å². The maximum atomic E-state index is 12.5. The van der Waals surface area contributed by atoms with Crippen molar-refractivity contribution in [3.05, 3.63) is 36.0 Å². The molecule has 1 saturated carbocycles. The van der Waals surface area contributed by atoms with Gasteiger partial charge in [-0.3, -0.25) is 9.78 Å². The number of pyridine rings is 1. The van der Waals surface area contributed by atoms with Crippen LogP contribution in [-0.4, -0.2) is 21.4 Å². The maximum Gasteiger partial charge on any atom is 0.274 e. The minimum absolute atomic E-state index is 0.139. The maximum absolute atomic E-state index is 12.5. The second-order valence-electron chi connectivity index (χ2n) is 6.68. The van der Waals surface area contributed by atoms with E-state index in [4.69, 9.17) is 11.2 Å². The number of aromatic nitrogens is 1. The molecule has 1 unspecified atom stereocenters. The van der Waals surface area contributed by atoms with Crippen LogP contribution in [0.2, 0.25) is 0 Å². The van der Waals surface area contributed by atoms with E-state index < -0.39 is 4.93 Å². The van der Waals surface area contributed by atoms with Gasteiger partial charge in [0.2, 0.25) is 4.93 Å². The van der Waals surface area contributed by atoms with Crippen molar-refractivity contribution in [2.75, 3.05) is 0 Å². The Kier molecular flexibility index (Phi) is 4.18. The number of nitrogens with one attached hydrogen (secondary N) is 1. The summed E-state index contributed by atoms with van der Waals surface area (Å²) in [5, 5.41) is 3.89. The number of benzene rings is 1. The number of hydrogen-bond donors (Lipinski definition) is 2. The molecule has 2 aromatic rings. The number of carbonyl (C=O) groups is 1. The summed E-state index contributed by atoms with van der Waals surface area (Å²) in [6, 6.07) is 7.29. The number of hydrogen-bond acceptors (Lipinski definition) is 4. The average Bonchev–Trinajstić information content (AvgIpc) is 2.52. The normalized spacial score (nSPS) is 18.1. The SMILES string of the molecule is C#Cc1cnc2ccc(OC(C)(S)C(=O)NC3(C)CCC3)cc2c1. The molecule has 4 nitrogen and oxygen atoms in total. The van der Waals surface area contributed by atoms with Crippen LogP contribution in [0.15, 0.2) is 30.5 Å². The van der Waals surface area contributed by atoms with E-state index in [1.54, 1.807) is 19.2 Å². The lowest BCUT2D eigenvalue weighted by atomic mass is 9.78. The van der Waals surface area contributed by atoms with E-state index in [0.717, 1.165) is 30.2 Å². The van der Waals surface area contributed by atoms with Crippen LogP contribution in [0, 0.1) is 12.3 Å². The highest BCUT2D eigenvalue weighted by Crippen LogP contribution is 2.33. The number of terminal acetylenes is 1. The number of rotatable bonds is 4. The molecule has 1 N–H and O–H groups in total. The molecular formula is C19H20N2O2S. The first-order valence-electron chi connectivity index (χ1n) is 7.92. The molecule has 1 aliphatic carbocycles. The summed E-state index contributed by atoms with van der Waals surface area (Å²) < 4.78 is 5.83. The minimum atomic E-state index is -1.26. The van der Waals surface area contributed by atoms with E-state index in [-0.39, 0.29) is 11.4 Å². The van der Waals surface area contributed by atoms with Crippen molar-refractivity contribution in [1.82, 2.24) is 10.3 Å². The Labute approximate surface area is 147 Å². The highest BCUT2D eigenvalue weighted by atomic mass is 32.1. The summed E-state index contributed by atoms with van der Waals surface area (Å²) >= 11 is 4.42.